The third-order valence-corrected chi connectivity index (χ3v) is 1.94. The number of benzene rings is 1. The van der Waals surface area contributed by atoms with E-state index in [1.807, 2.05) is 31.2 Å². The molecule has 0 aliphatic carbocycles. The zero-order chi connectivity index (χ0) is 7.56. The first-order valence-electron chi connectivity index (χ1n) is 3.09. The molecule has 0 fully saturated rings. The van der Waals surface area contributed by atoms with Gasteiger partial charge in [0.1, 0.15) is 0 Å². The fourth-order valence-corrected chi connectivity index (χ4v) is 1.37. The van der Waals surface area contributed by atoms with Crippen molar-refractivity contribution in [3.05, 3.63) is 29.8 Å². The Hall–Kier alpha value is -0.275. The first kappa shape index (κ1) is 7.83. The molecule has 0 spiro atoms. The van der Waals surface area contributed by atoms with Gasteiger partial charge in [-0.1, -0.05) is 29.8 Å². The molecule has 1 aromatic carbocycles. The minimum absolute atomic E-state index is 0.534. The highest BCUT2D eigenvalue weighted by molar-refractivity contribution is 9.24. The molecule has 0 amide bonds. The molecule has 1 rings (SSSR count). The lowest BCUT2D eigenvalue weighted by Crippen LogP contribution is -2.25. The zero-order valence-electron chi connectivity index (χ0n) is 5.71. The minimum atomic E-state index is -0.534. The maximum atomic E-state index is 9.12. The lowest BCUT2D eigenvalue weighted by molar-refractivity contribution is 0.610. The molecule has 0 atom stereocenters. The van der Waals surface area contributed by atoms with Crippen LogP contribution in [0.3, 0.4) is 0 Å². The summed E-state index contributed by atoms with van der Waals surface area (Å²) in [6.45, 7) is 1.97. The maximum Gasteiger partial charge on any atom is 0.403 e. The molecule has 0 radical (unpaired) electrons. The first-order valence-corrected chi connectivity index (χ1v) is 4.01. The summed E-state index contributed by atoms with van der Waals surface area (Å²) in [5.74, 6) is 0. The van der Waals surface area contributed by atoms with Crippen LogP contribution in [0.2, 0.25) is 0 Å². The van der Waals surface area contributed by atoms with Crippen LogP contribution in [0.15, 0.2) is 24.3 Å². The summed E-state index contributed by atoms with van der Waals surface area (Å²) in [4.78, 5) is 0. The summed E-state index contributed by atoms with van der Waals surface area (Å²) >= 11 is 3.09. The van der Waals surface area contributed by atoms with Crippen molar-refractivity contribution in [2.24, 2.45) is 0 Å². The standard InChI is InChI=1S/C7H8BBrO/c1-6-4-2-3-5-7(6)8(9)10/h2-5,10H,1H3. The molecule has 0 saturated carbocycles. The van der Waals surface area contributed by atoms with E-state index >= 15 is 0 Å². The molecular formula is C7H8BBrO. The van der Waals surface area contributed by atoms with Crippen LogP contribution in [0.4, 0.5) is 0 Å². The fourth-order valence-electron chi connectivity index (χ4n) is 0.854. The van der Waals surface area contributed by atoms with E-state index in [-0.39, 0.29) is 0 Å². The van der Waals surface area contributed by atoms with Gasteiger partial charge in [0.2, 0.25) is 0 Å². The van der Waals surface area contributed by atoms with Crippen LogP contribution in [-0.2, 0) is 0 Å². The number of halogens is 1. The molecule has 0 aliphatic rings. The second-order valence-electron chi connectivity index (χ2n) is 2.19. The molecule has 1 N–H and O–H groups in total. The van der Waals surface area contributed by atoms with Crippen molar-refractivity contribution in [3.8, 4) is 0 Å². The SMILES string of the molecule is Cc1ccccc1B(O)Br. The molecule has 0 bridgehead atoms. The molecule has 10 heavy (non-hydrogen) atoms. The Labute approximate surface area is 69.2 Å². The summed E-state index contributed by atoms with van der Waals surface area (Å²) in [5, 5.41) is 9.12. The van der Waals surface area contributed by atoms with Crippen LogP contribution in [-0.4, -0.2) is 10.8 Å². The van der Waals surface area contributed by atoms with Crippen LogP contribution in [0.5, 0.6) is 0 Å². The monoisotopic (exact) mass is 198 g/mol. The van der Waals surface area contributed by atoms with Gasteiger partial charge in [0.25, 0.3) is 0 Å². The van der Waals surface area contributed by atoms with Crippen molar-refractivity contribution < 1.29 is 5.02 Å². The minimum Gasteiger partial charge on any atom is -0.437 e. The summed E-state index contributed by atoms with van der Waals surface area (Å²) in [6.07, 6.45) is 0. The van der Waals surface area contributed by atoms with Gasteiger partial charge in [-0.15, -0.1) is 15.8 Å². The van der Waals surface area contributed by atoms with Gasteiger partial charge >= 0.3 is 5.74 Å². The molecule has 0 unspecified atom stereocenters. The Bertz CT molecular complexity index is 225. The lowest BCUT2D eigenvalue weighted by atomic mass is 9.84. The summed E-state index contributed by atoms with van der Waals surface area (Å²) in [5.41, 5.74) is 1.50. The molecule has 1 nitrogen and oxygen atoms in total. The van der Waals surface area contributed by atoms with Crippen molar-refractivity contribution >= 4 is 27.0 Å². The zero-order valence-corrected chi connectivity index (χ0v) is 7.30. The molecule has 0 aliphatic heterocycles. The van der Waals surface area contributed by atoms with E-state index in [1.54, 1.807) is 0 Å². The predicted molar refractivity (Wildman–Crippen MR) is 47.7 cm³/mol. The third-order valence-electron chi connectivity index (χ3n) is 1.45. The van der Waals surface area contributed by atoms with Gasteiger partial charge in [0.15, 0.2) is 0 Å². The second kappa shape index (κ2) is 3.22. The molecule has 1 aromatic rings. The smallest absolute Gasteiger partial charge is 0.403 e. The normalized spacial score (nSPS) is 9.50. The van der Waals surface area contributed by atoms with E-state index in [0.717, 1.165) is 11.0 Å². The van der Waals surface area contributed by atoms with Gasteiger partial charge in [0, 0.05) is 0 Å². The van der Waals surface area contributed by atoms with Crippen LogP contribution in [0.1, 0.15) is 5.56 Å². The Morgan fingerprint density at radius 3 is 2.40 bits per heavy atom. The highest BCUT2D eigenvalue weighted by Crippen LogP contribution is 1.97. The van der Waals surface area contributed by atoms with Gasteiger partial charge in [-0.05, 0) is 12.4 Å². The topological polar surface area (TPSA) is 20.2 Å². The number of hydrogen-bond acceptors (Lipinski definition) is 1. The van der Waals surface area contributed by atoms with Crippen LogP contribution < -0.4 is 5.46 Å². The molecule has 52 valence electrons. The van der Waals surface area contributed by atoms with E-state index in [9.17, 15) is 0 Å². The molecule has 0 saturated heterocycles. The predicted octanol–water partition coefficient (Wildman–Crippen LogP) is 1.08. The van der Waals surface area contributed by atoms with Crippen LogP contribution >= 0.6 is 15.8 Å². The van der Waals surface area contributed by atoms with Crippen molar-refractivity contribution in [1.82, 2.24) is 0 Å². The average molecular weight is 199 g/mol. The van der Waals surface area contributed by atoms with Gasteiger partial charge in [-0.2, -0.15) is 0 Å². The van der Waals surface area contributed by atoms with Crippen molar-refractivity contribution in [2.45, 2.75) is 6.92 Å². The average Bonchev–Trinajstić information content (AvgIpc) is 1.88. The Kier molecular flexibility index (Phi) is 2.52. The molecule has 0 heterocycles. The number of rotatable bonds is 1. The Morgan fingerprint density at radius 2 is 2.00 bits per heavy atom. The van der Waals surface area contributed by atoms with E-state index < -0.39 is 5.74 Å². The summed E-state index contributed by atoms with van der Waals surface area (Å²) < 4.78 is 0. The van der Waals surface area contributed by atoms with Crippen LogP contribution in [0.25, 0.3) is 0 Å². The molecule has 3 heteroatoms. The molecular weight excluding hydrogens is 191 g/mol. The van der Waals surface area contributed by atoms with Gasteiger partial charge in [0.05, 0.1) is 0 Å². The highest BCUT2D eigenvalue weighted by atomic mass is 79.9. The molecule has 0 aromatic heterocycles. The fraction of sp³-hybridized carbons (Fsp3) is 0.143. The lowest BCUT2D eigenvalue weighted by Gasteiger charge is -2.01. The van der Waals surface area contributed by atoms with Gasteiger partial charge < -0.3 is 5.02 Å². The van der Waals surface area contributed by atoms with Gasteiger partial charge in [-0.3, -0.25) is 0 Å². The number of aryl methyl sites for hydroxylation is 1. The summed E-state index contributed by atoms with van der Waals surface area (Å²) in [6, 6.07) is 7.73. The van der Waals surface area contributed by atoms with Crippen molar-refractivity contribution in [3.63, 3.8) is 0 Å². The van der Waals surface area contributed by atoms with E-state index in [2.05, 4.69) is 15.8 Å². The highest BCUT2D eigenvalue weighted by Gasteiger charge is 2.09. The van der Waals surface area contributed by atoms with E-state index in [1.165, 1.54) is 0 Å². The second-order valence-corrected chi connectivity index (χ2v) is 3.06. The van der Waals surface area contributed by atoms with Gasteiger partial charge in [-0.25, -0.2) is 0 Å². The summed E-state index contributed by atoms with van der Waals surface area (Å²) in [7, 11) is 0. The Morgan fingerprint density at radius 1 is 1.40 bits per heavy atom. The van der Waals surface area contributed by atoms with E-state index in [4.69, 9.17) is 5.02 Å². The van der Waals surface area contributed by atoms with E-state index in [0.29, 0.717) is 0 Å². The maximum absolute atomic E-state index is 9.12. The largest absolute Gasteiger partial charge is 0.437 e. The number of hydrogen-bond donors (Lipinski definition) is 1. The third kappa shape index (κ3) is 1.61. The van der Waals surface area contributed by atoms with Crippen molar-refractivity contribution in [2.75, 3.05) is 0 Å². The van der Waals surface area contributed by atoms with Crippen LogP contribution in [0, 0.1) is 6.92 Å². The Balaban J connectivity index is 3.03. The van der Waals surface area contributed by atoms with Crippen molar-refractivity contribution in [1.29, 1.82) is 0 Å². The first-order chi connectivity index (χ1) is 4.72. The quantitative estimate of drug-likeness (QED) is 0.670.